The molecule has 0 spiro atoms. The van der Waals surface area contributed by atoms with Crippen molar-refractivity contribution < 1.29 is 9.84 Å². The van der Waals surface area contributed by atoms with E-state index in [4.69, 9.17) is 9.84 Å². The molecule has 0 heterocycles. The van der Waals surface area contributed by atoms with Crippen molar-refractivity contribution in [2.24, 2.45) is 0 Å². The smallest absolute Gasteiger partial charge is 0.0636 e. The van der Waals surface area contributed by atoms with E-state index in [1.165, 1.54) is 6.42 Å². The second kappa shape index (κ2) is 9.96. The van der Waals surface area contributed by atoms with E-state index >= 15 is 0 Å². The van der Waals surface area contributed by atoms with E-state index in [1.54, 1.807) is 6.92 Å². The van der Waals surface area contributed by atoms with Crippen LogP contribution in [-0.2, 0) is 4.74 Å². The quantitative estimate of drug-likeness (QED) is 0.535. The summed E-state index contributed by atoms with van der Waals surface area (Å²) in [6.07, 6.45) is 3.12. The Kier molecular flexibility index (Phi) is 9.87. The minimum Gasteiger partial charge on any atom is -0.392 e. The van der Waals surface area contributed by atoms with Crippen molar-refractivity contribution >= 4 is 0 Å². The van der Waals surface area contributed by atoms with Gasteiger partial charge in [0.1, 0.15) is 0 Å². The van der Waals surface area contributed by atoms with Crippen LogP contribution in [0.25, 0.3) is 0 Å². The highest BCUT2D eigenvalue weighted by Gasteiger charge is 1.93. The van der Waals surface area contributed by atoms with Gasteiger partial charge >= 0.3 is 0 Å². The van der Waals surface area contributed by atoms with Crippen LogP contribution in [0, 0.1) is 0 Å². The Labute approximate surface area is 81.5 Å². The summed E-state index contributed by atoms with van der Waals surface area (Å²) in [5, 5.41) is 12.1. The number of ether oxygens (including phenoxy) is 1. The number of unbranched alkanes of at least 4 members (excludes halogenated alkanes) is 1. The molecule has 0 bridgehead atoms. The molecule has 0 aliphatic rings. The summed E-state index contributed by atoms with van der Waals surface area (Å²) >= 11 is 0. The lowest BCUT2D eigenvalue weighted by atomic mass is 10.3. The van der Waals surface area contributed by atoms with Crippen molar-refractivity contribution in [3.8, 4) is 0 Å². The molecule has 3 heteroatoms. The maximum absolute atomic E-state index is 8.93. The molecule has 1 atom stereocenters. The predicted molar refractivity (Wildman–Crippen MR) is 54.9 cm³/mol. The zero-order valence-electron chi connectivity index (χ0n) is 8.88. The standard InChI is InChI=1S/C10H23NO2/c1-3-4-7-13-8-5-6-11-9-10(2)12/h10-12H,3-9H2,1-2H3/t10-/m1/s1. The Morgan fingerprint density at radius 1 is 1.31 bits per heavy atom. The van der Waals surface area contributed by atoms with Gasteiger partial charge in [0.2, 0.25) is 0 Å². The molecule has 0 aromatic heterocycles. The van der Waals surface area contributed by atoms with Crippen LogP contribution in [0.4, 0.5) is 0 Å². The SMILES string of the molecule is CCCCOCCCNC[C@@H](C)O. The molecule has 0 unspecified atom stereocenters. The Morgan fingerprint density at radius 3 is 2.62 bits per heavy atom. The number of nitrogens with one attached hydrogen (secondary N) is 1. The second-order valence-corrected chi connectivity index (χ2v) is 3.37. The fourth-order valence-corrected chi connectivity index (χ4v) is 0.959. The van der Waals surface area contributed by atoms with E-state index in [9.17, 15) is 0 Å². The van der Waals surface area contributed by atoms with E-state index in [-0.39, 0.29) is 6.10 Å². The predicted octanol–water partition coefficient (Wildman–Crippen LogP) is 1.16. The third kappa shape index (κ3) is 11.9. The summed E-state index contributed by atoms with van der Waals surface area (Å²) in [6, 6.07) is 0. The van der Waals surface area contributed by atoms with E-state index in [0.29, 0.717) is 6.54 Å². The molecule has 0 rings (SSSR count). The van der Waals surface area contributed by atoms with Crippen LogP contribution < -0.4 is 5.32 Å². The summed E-state index contributed by atoms with van der Waals surface area (Å²) in [5.74, 6) is 0. The highest BCUT2D eigenvalue weighted by atomic mass is 16.5. The van der Waals surface area contributed by atoms with Crippen molar-refractivity contribution in [1.82, 2.24) is 5.32 Å². The summed E-state index contributed by atoms with van der Waals surface area (Å²) in [7, 11) is 0. The number of aliphatic hydroxyl groups excluding tert-OH is 1. The molecule has 3 nitrogen and oxygen atoms in total. The normalized spacial score (nSPS) is 13.2. The molecule has 0 aromatic carbocycles. The van der Waals surface area contributed by atoms with Crippen LogP contribution in [0.15, 0.2) is 0 Å². The zero-order chi connectivity index (χ0) is 9.94. The van der Waals surface area contributed by atoms with E-state index < -0.39 is 0 Å². The van der Waals surface area contributed by atoms with Gasteiger partial charge in [-0.15, -0.1) is 0 Å². The van der Waals surface area contributed by atoms with Gasteiger partial charge in [-0.25, -0.2) is 0 Å². The van der Waals surface area contributed by atoms with Crippen LogP contribution >= 0.6 is 0 Å². The maximum atomic E-state index is 8.93. The van der Waals surface area contributed by atoms with E-state index in [2.05, 4.69) is 12.2 Å². The summed E-state index contributed by atoms with van der Waals surface area (Å²) in [5.41, 5.74) is 0. The summed E-state index contributed by atoms with van der Waals surface area (Å²) in [6.45, 7) is 7.25. The average molecular weight is 189 g/mol. The van der Waals surface area contributed by atoms with Crippen LogP contribution in [0.2, 0.25) is 0 Å². The van der Waals surface area contributed by atoms with Crippen molar-refractivity contribution in [3.05, 3.63) is 0 Å². The lowest BCUT2D eigenvalue weighted by molar-refractivity contribution is 0.127. The molecular weight excluding hydrogens is 166 g/mol. The zero-order valence-corrected chi connectivity index (χ0v) is 8.88. The van der Waals surface area contributed by atoms with Crippen LogP contribution in [0.5, 0.6) is 0 Å². The van der Waals surface area contributed by atoms with Gasteiger partial charge in [0, 0.05) is 19.8 Å². The largest absolute Gasteiger partial charge is 0.392 e. The average Bonchev–Trinajstić information content (AvgIpc) is 2.09. The first kappa shape index (κ1) is 12.9. The first-order chi connectivity index (χ1) is 6.27. The fourth-order valence-electron chi connectivity index (χ4n) is 0.959. The number of rotatable bonds is 9. The molecule has 0 saturated heterocycles. The topological polar surface area (TPSA) is 41.5 Å². The Bertz CT molecular complexity index is 96.9. The van der Waals surface area contributed by atoms with Gasteiger partial charge < -0.3 is 15.2 Å². The van der Waals surface area contributed by atoms with Gasteiger partial charge in [-0.2, -0.15) is 0 Å². The van der Waals surface area contributed by atoms with Gasteiger partial charge in [-0.1, -0.05) is 13.3 Å². The third-order valence-electron chi connectivity index (χ3n) is 1.72. The van der Waals surface area contributed by atoms with Crippen molar-refractivity contribution in [3.63, 3.8) is 0 Å². The molecule has 0 fully saturated rings. The minimum atomic E-state index is -0.249. The number of hydrogen-bond donors (Lipinski definition) is 2. The highest BCUT2D eigenvalue weighted by molar-refractivity contribution is 4.52. The number of hydrogen-bond acceptors (Lipinski definition) is 3. The molecule has 0 saturated carbocycles. The summed E-state index contributed by atoms with van der Waals surface area (Å²) in [4.78, 5) is 0. The van der Waals surface area contributed by atoms with Crippen molar-refractivity contribution in [2.45, 2.75) is 39.2 Å². The maximum Gasteiger partial charge on any atom is 0.0636 e. The Balaban J connectivity index is 2.84. The van der Waals surface area contributed by atoms with Crippen LogP contribution in [0.3, 0.4) is 0 Å². The van der Waals surface area contributed by atoms with Crippen LogP contribution in [0.1, 0.15) is 33.1 Å². The van der Waals surface area contributed by atoms with Gasteiger partial charge in [-0.05, 0) is 26.3 Å². The van der Waals surface area contributed by atoms with E-state index in [0.717, 1.165) is 32.6 Å². The third-order valence-corrected chi connectivity index (χ3v) is 1.72. The monoisotopic (exact) mass is 189 g/mol. The van der Waals surface area contributed by atoms with Crippen molar-refractivity contribution in [1.29, 1.82) is 0 Å². The molecule has 0 amide bonds. The highest BCUT2D eigenvalue weighted by Crippen LogP contribution is 1.89. The molecule has 2 N–H and O–H groups in total. The number of aliphatic hydroxyl groups is 1. The molecule has 0 aromatic rings. The molecule has 13 heavy (non-hydrogen) atoms. The molecule has 0 aliphatic heterocycles. The van der Waals surface area contributed by atoms with E-state index in [1.807, 2.05) is 0 Å². The molecule has 0 aliphatic carbocycles. The van der Waals surface area contributed by atoms with Gasteiger partial charge in [0.05, 0.1) is 6.10 Å². The van der Waals surface area contributed by atoms with Gasteiger partial charge in [-0.3, -0.25) is 0 Å². The summed E-state index contributed by atoms with van der Waals surface area (Å²) < 4.78 is 5.38. The Morgan fingerprint density at radius 2 is 2.00 bits per heavy atom. The lowest BCUT2D eigenvalue weighted by Gasteiger charge is -2.06. The molecule has 0 radical (unpaired) electrons. The van der Waals surface area contributed by atoms with Crippen molar-refractivity contribution in [2.75, 3.05) is 26.3 Å². The first-order valence-corrected chi connectivity index (χ1v) is 5.24. The lowest BCUT2D eigenvalue weighted by Crippen LogP contribution is -2.25. The molecular formula is C10H23NO2. The second-order valence-electron chi connectivity index (χ2n) is 3.37. The fraction of sp³-hybridized carbons (Fsp3) is 1.00. The molecule has 80 valence electrons. The van der Waals surface area contributed by atoms with Gasteiger partial charge in [0.25, 0.3) is 0 Å². The van der Waals surface area contributed by atoms with Crippen LogP contribution in [-0.4, -0.2) is 37.5 Å². The minimum absolute atomic E-state index is 0.249. The van der Waals surface area contributed by atoms with Gasteiger partial charge in [0.15, 0.2) is 0 Å². The first-order valence-electron chi connectivity index (χ1n) is 5.24. The Hall–Kier alpha value is -0.120.